The van der Waals surface area contributed by atoms with Gasteiger partial charge in [-0.15, -0.1) is 0 Å². The summed E-state index contributed by atoms with van der Waals surface area (Å²) in [5.41, 5.74) is 2.08. The maximum Gasteiger partial charge on any atom is 0.123 e. The first-order valence-electron chi connectivity index (χ1n) is 8.61. The van der Waals surface area contributed by atoms with Crippen molar-refractivity contribution in [1.29, 1.82) is 0 Å². The van der Waals surface area contributed by atoms with E-state index in [1.54, 1.807) is 12.1 Å². The molecule has 0 radical (unpaired) electrons. The smallest absolute Gasteiger partial charge is 0.123 e. The molecule has 0 aliphatic rings. The van der Waals surface area contributed by atoms with Crippen LogP contribution in [0, 0.1) is 12.7 Å². The van der Waals surface area contributed by atoms with E-state index in [0.717, 1.165) is 17.5 Å². The molecule has 0 heterocycles. The van der Waals surface area contributed by atoms with E-state index in [4.69, 9.17) is 0 Å². The van der Waals surface area contributed by atoms with Gasteiger partial charge in [0.05, 0.1) is 0 Å². The van der Waals surface area contributed by atoms with Crippen LogP contribution in [-0.2, 0) is 0 Å². The van der Waals surface area contributed by atoms with Crippen molar-refractivity contribution < 1.29 is 4.39 Å². The number of aryl methyl sites for hydroxylation is 1. The van der Waals surface area contributed by atoms with Crippen LogP contribution in [0.1, 0.15) is 81.9 Å². The maximum atomic E-state index is 13.5. The number of hydrogen-bond acceptors (Lipinski definition) is 1. The topological polar surface area (TPSA) is 12.0 Å². The molecule has 0 saturated carbocycles. The Kier molecular flexibility index (Phi) is 9.32. The van der Waals surface area contributed by atoms with E-state index >= 15 is 0 Å². The van der Waals surface area contributed by atoms with Gasteiger partial charge in [-0.3, -0.25) is 0 Å². The lowest BCUT2D eigenvalue weighted by molar-refractivity contribution is 0.491. The van der Waals surface area contributed by atoms with Gasteiger partial charge in [-0.25, -0.2) is 4.39 Å². The van der Waals surface area contributed by atoms with Crippen molar-refractivity contribution in [2.24, 2.45) is 0 Å². The highest BCUT2D eigenvalue weighted by atomic mass is 19.1. The molecule has 0 saturated heterocycles. The number of benzene rings is 1. The average molecular weight is 293 g/mol. The molecule has 0 fully saturated rings. The van der Waals surface area contributed by atoms with E-state index < -0.39 is 0 Å². The van der Waals surface area contributed by atoms with Gasteiger partial charge in [0, 0.05) is 6.04 Å². The second-order valence-corrected chi connectivity index (χ2v) is 6.17. The molecule has 1 atom stereocenters. The number of unbranched alkanes of at least 4 members (excludes halogenated alkanes) is 7. The molecule has 120 valence electrons. The molecule has 0 bridgehead atoms. The molecule has 21 heavy (non-hydrogen) atoms. The van der Waals surface area contributed by atoms with Gasteiger partial charge in [-0.1, -0.05) is 64.4 Å². The summed E-state index contributed by atoms with van der Waals surface area (Å²) >= 11 is 0. The van der Waals surface area contributed by atoms with Crippen molar-refractivity contribution in [2.75, 3.05) is 7.05 Å². The van der Waals surface area contributed by atoms with Gasteiger partial charge in [0.15, 0.2) is 0 Å². The van der Waals surface area contributed by atoms with E-state index in [1.165, 1.54) is 51.4 Å². The monoisotopic (exact) mass is 293 g/mol. The predicted molar refractivity (Wildman–Crippen MR) is 90.2 cm³/mol. The van der Waals surface area contributed by atoms with E-state index in [-0.39, 0.29) is 11.9 Å². The number of hydrogen-bond donors (Lipinski definition) is 1. The third-order valence-electron chi connectivity index (χ3n) is 4.16. The lowest BCUT2D eigenvalue weighted by Crippen LogP contribution is -2.16. The fourth-order valence-corrected chi connectivity index (χ4v) is 2.93. The third kappa shape index (κ3) is 7.61. The first kappa shape index (κ1) is 18.2. The van der Waals surface area contributed by atoms with Gasteiger partial charge in [-0.05, 0) is 43.7 Å². The Bertz CT molecular complexity index is 369. The second kappa shape index (κ2) is 10.8. The van der Waals surface area contributed by atoms with Crippen LogP contribution in [0.3, 0.4) is 0 Å². The first-order chi connectivity index (χ1) is 10.2. The Morgan fingerprint density at radius 2 is 1.57 bits per heavy atom. The Balaban J connectivity index is 2.25. The zero-order valence-electron chi connectivity index (χ0n) is 14.1. The molecule has 0 aliphatic heterocycles. The minimum atomic E-state index is -0.124. The Labute approximate surface area is 130 Å². The third-order valence-corrected chi connectivity index (χ3v) is 4.16. The van der Waals surface area contributed by atoms with Crippen molar-refractivity contribution >= 4 is 0 Å². The summed E-state index contributed by atoms with van der Waals surface area (Å²) < 4.78 is 13.5. The summed E-state index contributed by atoms with van der Waals surface area (Å²) in [7, 11) is 1.97. The summed E-state index contributed by atoms with van der Waals surface area (Å²) in [6.07, 6.45) is 11.8. The molecular formula is C19H32FN. The molecule has 0 amide bonds. The van der Waals surface area contributed by atoms with Gasteiger partial charge in [0.1, 0.15) is 5.82 Å². The number of halogens is 1. The van der Waals surface area contributed by atoms with E-state index in [9.17, 15) is 4.39 Å². The summed E-state index contributed by atoms with van der Waals surface area (Å²) in [5.74, 6) is -0.124. The van der Waals surface area contributed by atoms with Crippen molar-refractivity contribution in [2.45, 2.75) is 77.7 Å². The van der Waals surface area contributed by atoms with Crippen LogP contribution in [0.4, 0.5) is 4.39 Å². The van der Waals surface area contributed by atoms with Crippen molar-refractivity contribution in [3.05, 3.63) is 35.1 Å². The molecule has 1 N–H and O–H groups in total. The molecule has 0 spiro atoms. The fourth-order valence-electron chi connectivity index (χ4n) is 2.93. The summed E-state index contributed by atoms with van der Waals surface area (Å²) in [4.78, 5) is 0. The van der Waals surface area contributed by atoms with Crippen LogP contribution in [0.15, 0.2) is 18.2 Å². The van der Waals surface area contributed by atoms with Gasteiger partial charge in [-0.2, -0.15) is 0 Å². The van der Waals surface area contributed by atoms with Crippen LogP contribution in [-0.4, -0.2) is 7.05 Å². The van der Waals surface area contributed by atoms with Crippen LogP contribution in [0.25, 0.3) is 0 Å². The van der Waals surface area contributed by atoms with Crippen molar-refractivity contribution in [3.8, 4) is 0 Å². The fraction of sp³-hybridized carbons (Fsp3) is 0.684. The zero-order valence-corrected chi connectivity index (χ0v) is 14.1. The van der Waals surface area contributed by atoms with Gasteiger partial charge in [0.25, 0.3) is 0 Å². The van der Waals surface area contributed by atoms with Gasteiger partial charge < -0.3 is 5.32 Å². The molecule has 2 heteroatoms. The lowest BCUT2D eigenvalue weighted by atomic mass is 9.98. The molecule has 1 nitrogen and oxygen atoms in total. The van der Waals surface area contributed by atoms with Crippen molar-refractivity contribution in [1.82, 2.24) is 5.32 Å². The van der Waals surface area contributed by atoms with Crippen molar-refractivity contribution in [3.63, 3.8) is 0 Å². The Hall–Kier alpha value is -0.890. The Morgan fingerprint density at radius 3 is 2.14 bits per heavy atom. The van der Waals surface area contributed by atoms with Crippen LogP contribution in [0.2, 0.25) is 0 Å². The molecule has 1 aromatic rings. The standard InChI is InChI=1S/C19H32FN/c1-4-5-6-7-8-9-10-11-12-19(21-3)17-13-16(2)14-18(20)15-17/h13-15,19,21H,4-12H2,1-3H3. The highest BCUT2D eigenvalue weighted by Crippen LogP contribution is 2.22. The molecule has 1 aromatic carbocycles. The summed E-state index contributed by atoms with van der Waals surface area (Å²) in [6.45, 7) is 4.21. The number of nitrogens with one attached hydrogen (secondary N) is 1. The van der Waals surface area contributed by atoms with Gasteiger partial charge in [0.2, 0.25) is 0 Å². The number of rotatable bonds is 11. The average Bonchev–Trinajstić information content (AvgIpc) is 2.44. The summed E-state index contributed by atoms with van der Waals surface area (Å²) in [6, 6.07) is 5.62. The van der Waals surface area contributed by atoms with Gasteiger partial charge >= 0.3 is 0 Å². The largest absolute Gasteiger partial charge is 0.313 e. The normalized spacial score (nSPS) is 12.6. The van der Waals surface area contributed by atoms with E-state index in [0.29, 0.717) is 0 Å². The zero-order chi connectivity index (χ0) is 15.5. The summed E-state index contributed by atoms with van der Waals surface area (Å²) in [5, 5.41) is 3.32. The first-order valence-corrected chi connectivity index (χ1v) is 8.61. The molecule has 0 aromatic heterocycles. The Morgan fingerprint density at radius 1 is 0.952 bits per heavy atom. The molecule has 1 unspecified atom stereocenters. The molecule has 0 aliphatic carbocycles. The van der Waals surface area contributed by atoms with Crippen LogP contribution in [0.5, 0.6) is 0 Å². The second-order valence-electron chi connectivity index (χ2n) is 6.17. The van der Waals surface area contributed by atoms with E-state index in [2.05, 4.69) is 18.3 Å². The highest BCUT2D eigenvalue weighted by Gasteiger charge is 2.10. The lowest BCUT2D eigenvalue weighted by Gasteiger charge is -2.17. The molecular weight excluding hydrogens is 261 g/mol. The van der Waals surface area contributed by atoms with Crippen LogP contribution < -0.4 is 5.32 Å². The minimum absolute atomic E-state index is 0.124. The highest BCUT2D eigenvalue weighted by molar-refractivity contribution is 5.26. The SMILES string of the molecule is CCCCCCCCCCC(NC)c1cc(C)cc(F)c1. The minimum Gasteiger partial charge on any atom is -0.313 e. The molecule has 1 rings (SSSR count). The predicted octanol–water partition coefficient (Wildman–Crippen LogP) is 5.93. The van der Waals surface area contributed by atoms with Crippen LogP contribution >= 0.6 is 0 Å². The van der Waals surface area contributed by atoms with E-state index in [1.807, 2.05) is 14.0 Å². The maximum absolute atomic E-state index is 13.5. The quantitative estimate of drug-likeness (QED) is 0.499.